The van der Waals surface area contributed by atoms with Crippen LogP contribution in [-0.4, -0.2) is 22.6 Å². The maximum Gasteiger partial charge on any atom is 0.329 e. The largest absolute Gasteiger partial charge is 0.329 e. The van der Waals surface area contributed by atoms with E-state index in [2.05, 4.69) is 31.8 Å². The lowest BCUT2D eigenvalue weighted by Crippen LogP contribution is -2.32. The number of aromatic nitrogens is 1. The summed E-state index contributed by atoms with van der Waals surface area (Å²) in [7, 11) is 0. The number of rotatable bonds is 4. The van der Waals surface area contributed by atoms with Crippen molar-refractivity contribution in [1.82, 2.24) is 9.99 Å². The molecule has 2 aromatic carbocycles. The Morgan fingerprint density at radius 1 is 1.07 bits per heavy atom. The van der Waals surface area contributed by atoms with Crippen LogP contribution in [0.5, 0.6) is 0 Å². The van der Waals surface area contributed by atoms with Gasteiger partial charge in [-0.3, -0.25) is 9.59 Å². The minimum atomic E-state index is -0.899. The highest BCUT2D eigenvalue weighted by molar-refractivity contribution is 9.10. The molecule has 8 heteroatoms. The van der Waals surface area contributed by atoms with Crippen molar-refractivity contribution in [2.45, 2.75) is 13.8 Å². The monoisotopic (exact) mass is 456 g/mol. The third kappa shape index (κ3) is 4.78. The number of para-hydroxylation sites is 1. The van der Waals surface area contributed by atoms with Crippen LogP contribution in [0.2, 0.25) is 0 Å². The number of carbonyl (C=O) groups excluding carboxylic acids is 2. The Labute approximate surface area is 175 Å². The van der Waals surface area contributed by atoms with E-state index >= 15 is 0 Å². The number of nitrogens with one attached hydrogen (secondary N) is 2. The summed E-state index contributed by atoms with van der Waals surface area (Å²) < 4.78 is 16.7. The first-order valence-corrected chi connectivity index (χ1v) is 9.50. The molecule has 6 nitrogen and oxygen atoms in total. The van der Waals surface area contributed by atoms with Gasteiger partial charge in [0.15, 0.2) is 0 Å². The Morgan fingerprint density at radius 2 is 1.83 bits per heavy atom. The molecule has 3 rings (SSSR count). The van der Waals surface area contributed by atoms with Gasteiger partial charge in [0.05, 0.1) is 11.9 Å². The highest BCUT2D eigenvalue weighted by Crippen LogP contribution is 2.21. The van der Waals surface area contributed by atoms with Crippen molar-refractivity contribution in [3.05, 3.63) is 81.8 Å². The molecule has 1 aromatic heterocycles. The SMILES string of the molecule is Cc1cc(/C=N\NC(=O)C(=O)Nc2cccc(Br)c2)c(C)n1-c1ccccc1F. The van der Waals surface area contributed by atoms with Crippen molar-refractivity contribution in [3.8, 4) is 5.69 Å². The smallest absolute Gasteiger partial charge is 0.318 e. The second-order valence-corrected chi connectivity index (χ2v) is 7.19. The highest BCUT2D eigenvalue weighted by atomic mass is 79.9. The first kappa shape index (κ1) is 20.5. The molecule has 2 N–H and O–H groups in total. The van der Waals surface area contributed by atoms with Gasteiger partial charge in [-0.2, -0.15) is 5.10 Å². The van der Waals surface area contributed by atoms with Crippen molar-refractivity contribution < 1.29 is 14.0 Å². The minimum Gasteiger partial charge on any atom is -0.318 e. The van der Waals surface area contributed by atoms with Gasteiger partial charge in [0.25, 0.3) is 0 Å². The molecule has 1 heterocycles. The summed E-state index contributed by atoms with van der Waals surface area (Å²) >= 11 is 3.29. The minimum absolute atomic E-state index is 0.338. The van der Waals surface area contributed by atoms with E-state index < -0.39 is 11.8 Å². The van der Waals surface area contributed by atoms with Crippen LogP contribution in [0.15, 0.2) is 64.2 Å². The van der Waals surface area contributed by atoms with E-state index in [-0.39, 0.29) is 5.82 Å². The van der Waals surface area contributed by atoms with Crippen LogP contribution in [0.4, 0.5) is 10.1 Å². The third-order valence-corrected chi connectivity index (χ3v) is 4.72. The van der Waals surface area contributed by atoms with Gasteiger partial charge in [-0.15, -0.1) is 0 Å². The number of amides is 2. The Balaban J connectivity index is 1.69. The lowest BCUT2D eigenvalue weighted by atomic mass is 10.2. The standard InChI is InChI=1S/C21H18BrFN4O2/c1-13-10-15(14(2)27(13)19-9-4-3-8-18(19)23)12-24-26-21(29)20(28)25-17-7-5-6-16(22)11-17/h3-12H,1-2H3,(H,25,28)(H,26,29)/b24-12-. The van der Waals surface area contributed by atoms with Gasteiger partial charge in [-0.1, -0.05) is 34.1 Å². The first-order chi connectivity index (χ1) is 13.9. The van der Waals surface area contributed by atoms with E-state index in [9.17, 15) is 14.0 Å². The number of carbonyl (C=O) groups is 2. The summed E-state index contributed by atoms with van der Waals surface area (Å²) in [5.41, 5.74) is 5.37. The lowest BCUT2D eigenvalue weighted by Gasteiger charge is -2.10. The molecule has 0 spiro atoms. The number of hydrogen-bond acceptors (Lipinski definition) is 3. The van der Waals surface area contributed by atoms with Crippen molar-refractivity contribution in [2.75, 3.05) is 5.32 Å². The molecule has 0 fully saturated rings. The van der Waals surface area contributed by atoms with Gasteiger partial charge in [-0.05, 0) is 50.2 Å². The van der Waals surface area contributed by atoms with E-state index in [0.717, 1.165) is 15.9 Å². The van der Waals surface area contributed by atoms with E-state index in [4.69, 9.17) is 0 Å². The van der Waals surface area contributed by atoms with Crippen LogP contribution >= 0.6 is 15.9 Å². The number of hydrogen-bond donors (Lipinski definition) is 2. The van der Waals surface area contributed by atoms with E-state index in [1.54, 1.807) is 47.0 Å². The van der Waals surface area contributed by atoms with Gasteiger partial charge >= 0.3 is 11.8 Å². The fourth-order valence-electron chi connectivity index (χ4n) is 2.89. The Morgan fingerprint density at radius 3 is 2.55 bits per heavy atom. The number of halogens is 2. The average molecular weight is 457 g/mol. The van der Waals surface area contributed by atoms with Crippen molar-refractivity contribution in [3.63, 3.8) is 0 Å². The molecule has 0 aliphatic carbocycles. The van der Waals surface area contributed by atoms with Gasteiger partial charge in [0.1, 0.15) is 5.82 Å². The Hall–Kier alpha value is -3.26. The van der Waals surface area contributed by atoms with Crippen molar-refractivity contribution in [1.29, 1.82) is 0 Å². The summed E-state index contributed by atoms with van der Waals surface area (Å²) in [5.74, 6) is -2.07. The van der Waals surface area contributed by atoms with Gasteiger partial charge < -0.3 is 9.88 Å². The van der Waals surface area contributed by atoms with Crippen LogP contribution in [-0.2, 0) is 9.59 Å². The molecule has 29 heavy (non-hydrogen) atoms. The Kier molecular flexibility index (Phi) is 6.23. The zero-order valence-electron chi connectivity index (χ0n) is 15.7. The normalized spacial score (nSPS) is 10.9. The van der Waals surface area contributed by atoms with Gasteiger partial charge in [0, 0.05) is 27.1 Å². The fourth-order valence-corrected chi connectivity index (χ4v) is 3.29. The van der Waals surface area contributed by atoms with Crippen LogP contribution in [0.1, 0.15) is 17.0 Å². The zero-order chi connectivity index (χ0) is 21.0. The van der Waals surface area contributed by atoms with E-state index in [1.165, 1.54) is 12.3 Å². The zero-order valence-corrected chi connectivity index (χ0v) is 17.3. The third-order valence-electron chi connectivity index (χ3n) is 4.22. The predicted molar refractivity (Wildman–Crippen MR) is 114 cm³/mol. The average Bonchev–Trinajstić information content (AvgIpc) is 2.95. The summed E-state index contributed by atoms with van der Waals surface area (Å²) in [6, 6.07) is 15.2. The lowest BCUT2D eigenvalue weighted by molar-refractivity contribution is -0.136. The van der Waals surface area contributed by atoms with Crippen molar-refractivity contribution in [2.24, 2.45) is 5.10 Å². The quantitative estimate of drug-likeness (QED) is 0.352. The molecule has 0 unspecified atom stereocenters. The highest BCUT2D eigenvalue weighted by Gasteiger charge is 2.14. The predicted octanol–water partition coefficient (Wildman–Crippen LogP) is 4.08. The van der Waals surface area contributed by atoms with E-state index in [1.807, 2.05) is 19.9 Å². The molecule has 0 radical (unpaired) electrons. The molecule has 0 saturated carbocycles. The summed E-state index contributed by atoms with van der Waals surface area (Å²) in [6.45, 7) is 3.67. The second-order valence-electron chi connectivity index (χ2n) is 6.28. The van der Waals surface area contributed by atoms with Crippen LogP contribution in [0.3, 0.4) is 0 Å². The number of hydrazone groups is 1. The van der Waals surface area contributed by atoms with E-state index in [0.29, 0.717) is 16.9 Å². The van der Waals surface area contributed by atoms with Crippen molar-refractivity contribution >= 4 is 39.6 Å². The molecule has 0 aliphatic rings. The number of nitrogens with zero attached hydrogens (tertiary/aromatic N) is 2. The molecule has 0 saturated heterocycles. The molecule has 0 bridgehead atoms. The molecular weight excluding hydrogens is 439 g/mol. The topological polar surface area (TPSA) is 75.5 Å². The maximum atomic E-state index is 14.1. The van der Waals surface area contributed by atoms with Crippen LogP contribution < -0.4 is 10.7 Å². The summed E-state index contributed by atoms with van der Waals surface area (Å²) in [4.78, 5) is 23.9. The molecule has 0 aliphatic heterocycles. The second kappa shape index (κ2) is 8.83. The molecule has 0 atom stereocenters. The Bertz CT molecular complexity index is 1110. The fraction of sp³-hybridized carbons (Fsp3) is 0.0952. The number of aryl methyl sites for hydroxylation is 1. The molecule has 2 amide bonds. The first-order valence-electron chi connectivity index (χ1n) is 8.70. The van der Waals surface area contributed by atoms with Crippen LogP contribution in [0.25, 0.3) is 5.69 Å². The molecule has 148 valence electrons. The number of benzene rings is 2. The van der Waals surface area contributed by atoms with Gasteiger partial charge in [0.2, 0.25) is 0 Å². The molecule has 3 aromatic rings. The maximum absolute atomic E-state index is 14.1. The van der Waals surface area contributed by atoms with Gasteiger partial charge in [-0.25, -0.2) is 9.82 Å². The number of anilines is 1. The molecular formula is C21H18BrFN4O2. The summed E-state index contributed by atoms with van der Waals surface area (Å²) in [5, 5.41) is 6.33. The summed E-state index contributed by atoms with van der Waals surface area (Å²) in [6.07, 6.45) is 1.42. The van der Waals surface area contributed by atoms with Crippen LogP contribution in [0, 0.1) is 19.7 Å².